The van der Waals surface area contributed by atoms with Crippen molar-refractivity contribution in [2.45, 2.75) is 27.3 Å². The van der Waals surface area contributed by atoms with E-state index in [0.29, 0.717) is 12.1 Å². The van der Waals surface area contributed by atoms with Gasteiger partial charge in [0.1, 0.15) is 11.6 Å². The van der Waals surface area contributed by atoms with Gasteiger partial charge in [0.05, 0.1) is 25.3 Å². The molecule has 25 heavy (non-hydrogen) atoms. The Morgan fingerprint density at radius 3 is 2.40 bits per heavy atom. The molecule has 3 rings (SSSR count). The standard InChI is InChI=1S/C19H17N3O.C2H6/c1-14-12-21-19(16-9-7-15(11-20)8-10-16)22(14)13-17-5-3-4-6-18(17)23-2;1-2/h3-10,12H,13H2,1-2H3;1-2H3. The van der Waals surface area contributed by atoms with E-state index in [9.17, 15) is 0 Å². The van der Waals surface area contributed by atoms with E-state index >= 15 is 0 Å². The third kappa shape index (κ3) is 4.07. The average molecular weight is 333 g/mol. The summed E-state index contributed by atoms with van der Waals surface area (Å²) in [5, 5.41) is 8.93. The lowest BCUT2D eigenvalue weighted by molar-refractivity contribution is 0.408. The number of imidazole rings is 1. The first-order valence-corrected chi connectivity index (χ1v) is 8.37. The topological polar surface area (TPSA) is 50.8 Å². The highest BCUT2D eigenvalue weighted by molar-refractivity contribution is 5.58. The summed E-state index contributed by atoms with van der Waals surface area (Å²) in [6.45, 7) is 6.72. The minimum atomic E-state index is 0.647. The van der Waals surface area contributed by atoms with Crippen LogP contribution in [-0.4, -0.2) is 16.7 Å². The molecule has 0 fully saturated rings. The molecule has 0 bridgehead atoms. The number of nitriles is 1. The van der Waals surface area contributed by atoms with Crippen molar-refractivity contribution in [3.05, 3.63) is 71.5 Å². The van der Waals surface area contributed by atoms with E-state index in [4.69, 9.17) is 10.00 Å². The van der Waals surface area contributed by atoms with Gasteiger partial charge in [0, 0.05) is 23.0 Å². The summed E-state index contributed by atoms with van der Waals surface area (Å²) in [6.07, 6.45) is 1.86. The fraction of sp³-hybridized carbons (Fsp3) is 0.238. The Morgan fingerprint density at radius 1 is 1.08 bits per heavy atom. The van der Waals surface area contributed by atoms with Crippen molar-refractivity contribution in [3.63, 3.8) is 0 Å². The van der Waals surface area contributed by atoms with Crippen LogP contribution in [0.15, 0.2) is 54.7 Å². The van der Waals surface area contributed by atoms with Crippen LogP contribution in [0.5, 0.6) is 5.75 Å². The first-order valence-electron chi connectivity index (χ1n) is 8.37. The number of hydrogen-bond donors (Lipinski definition) is 0. The van der Waals surface area contributed by atoms with Gasteiger partial charge >= 0.3 is 0 Å². The summed E-state index contributed by atoms with van der Waals surface area (Å²) in [5.74, 6) is 1.75. The maximum atomic E-state index is 8.93. The zero-order valence-corrected chi connectivity index (χ0v) is 15.2. The zero-order chi connectivity index (χ0) is 18.2. The Balaban J connectivity index is 0.00000109. The fourth-order valence-corrected chi connectivity index (χ4v) is 2.59. The number of ether oxygens (including phenoxy) is 1. The summed E-state index contributed by atoms with van der Waals surface area (Å²) >= 11 is 0. The molecule has 4 heteroatoms. The highest BCUT2D eigenvalue weighted by Gasteiger charge is 2.12. The molecular formula is C21H23N3O. The molecule has 3 aromatic rings. The molecule has 0 unspecified atom stereocenters. The molecular weight excluding hydrogens is 310 g/mol. The number of aromatic nitrogens is 2. The summed E-state index contributed by atoms with van der Waals surface area (Å²) < 4.78 is 7.59. The van der Waals surface area contributed by atoms with Crippen LogP contribution in [0.3, 0.4) is 0 Å². The van der Waals surface area contributed by atoms with Gasteiger partial charge in [0.15, 0.2) is 0 Å². The van der Waals surface area contributed by atoms with Crippen molar-refractivity contribution in [2.24, 2.45) is 0 Å². The van der Waals surface area contributed by atoms with Crippen LogP contribution in [0.4, 0.5) is 0 Å². The lowest BCUT2D eigenvalue weighted by Gasteiger charge is -2.13. The molecule has 1 heterocycles. The number of aryl methyl sites for hydroxylation is 1. The van der Waals surface area contributed by atoms with Crippen LogP contribution in [0.25, 0.3) is 11.4 Å². The molecule has 0 aliphatic rings. The second-order valence-corrected chi connectivity index (χ2v) is 5.31. The number of para-hydroxylation sites is 1. The molecule has 0 saturated heterocycles. The molecule has 128 valence electrons. The highest BCUT2D eigenvalue weighted by Crippen LogP contribution is 2.24. The molecule has 2 aromatic carbocycles. The molecule has 0 N–H and O–H groups in total. The maximum absolute atomic E-state index is 8.93. The van der Waals surface area contributed by atoms with Gasteiger partial charge in [-0.15, -0.1) is 0 Å². The lowest BCUT2D eigenvalue weighted by Crippen LogP contribution is -2.05. The second-order valence-electron chi connectivity index (χ2n) is 5.31. The molecule has 1 aromatic heterocycles. The number of methoxy groups -OCH3 is 1. The van der Waals surface area contributed by atoms with Crippen molar-refractivity contribution in [1.82, 2.24) is 9.55 Å². The molecule has 0 amide bonds. The number of hydrogen-bond acceptors (Lipinski definition) is 3. The van der Waals surface area contributed by atoms with Gasteiger partial charge in [-0.1, -0.05) is 32.0 Å². The Bertz CT molecular complexity index is 858. The number of rotatable bonds is 4. The van der Waals surface area contributed by atoms with Crippen molar-refractivity contribution in [1.29, 1.82) is 5.26 Å². The minimum absolute atomic E-state index is 0.647. The van der Waals surface area contributed by atoms with Crippen LogP contribution in [-0.2, 0) is 6.54 Å². The maximum Gasteiger partial charge on any atom is 0.140 e. The van der Waals surface area contributed by atoms with Crippen LogP contribution < -0.4 is 4.74 Å². The molecule has 0 spiro atoms. The molecule has 0 aliphatic carbocycles. The van der Waals surface area contributed by atoms with Gasteiger partial charge in [0.2, 0.25) is 0 Å². The first-order chi connectivity index (χ1) is 12.2. The quantitative estimate of drug-likeness (QED) is 0.688. The van der Waals surface area contributed by atoms with E-state index in [1.807, 2.05) is 69.4 Å². The normalized spacial score (nSPS) is 9.72. The Morgan fingerprint density at radius 2 is 1.76 bits per heavy atom. The Kier molecular flexibility index (Phi) is 6.36. The summed E-state index contributed by atoms with van der Waals surface area (Å²) in [4.78, 5) is 4.53. The van der Waals surface area contributed by atoms with Gasteiger partial charge in [-0.25, -0.2) is 4.98 Å². The second kappa shape index (κ2) is 8.70. The first kappa shape index (κ1) is 18.3. The summed E-state index contributed by atoms with van der Waals surface area (Å²) in [7, 11) is 1.68. The number of nitrogens with zero attached hydrogens (tertiary/aromatic N) is 3. The smallest absolute Gasteiger partial charge is 0.140 e. The van der Waals surface area contributed by atoms with Crippen molar-refractivity contribution >= 4 is 0 Å². The van der Waals surface area contributed by atoms with Crippen LogP contribution in [0.2, 0.25) is 0 Å². The SMILES string of the molecule is CC.COc1ccccc1Cn1c(C)cnc1-c1ccc(C#N)cc1. The van der Waals surface area contributed by atoms with Crippen LogP contribution in [0.1, 0.15) is 30.7 Å². The van der Waals surface area contributed by atoms with Gasteiger partial charge in [-0.3, -0.25) is 0 Å². The molecule has 0 atom stereocenters. The summed E-state index contributed by atoms with van der Waals surface area (Å²) in [6, 6.07) is 17.6. The largest absolute Gasteiger partial charge is 0.496 e. The van der Waals surface area contributed by atoms with Gasteiger partial charge in [0.25, 0.3) is 0 Å². The van der Waals surface area contributed by atoms with E-state index in [2.05, 4.69) is 21.7 Å². The summed E-state index contributed by atoms with van der Waals surface area (Å²) in [5.41, 5.74) is 3.82. The third-order valence-electron chi connectivity index (χ3n) is 3.85. The number of benzene rings is 2. The lowest BCUT2D eigenvalue weighted by atomic mass is 10.1. The third-order valence-corrected chi connectivity index (χ3v) is 3.85. The zero-order valence-electron chi connectivity index (χ0n) is 15.2. The van der Waals surface area contributed by atoms with Crippen LogP contribution >= 0.6 is 0 Å². The van der Waals surface area contributed by atoms with E-state index in [-0.39, 0.29) is 0 Å². The van der Waals surface area contributed by atoms with E-state index < -0.39 is 0 Å². The fourth-order valence-electron chi connectivity index (χ4n) is 2.59. The highest BCUT2D eigenvalue weighted by atomic mass is 16.5. The van der Waals surface area contributed by atoms with E-state index in [1.54, 1.807) is 7.11 Å². The predicted octanol–water partition coefficient (Wildman–Crippen LogP) is 4.81. The van der Waals surface area contributed by atoms with Gasteiger partial charge < -0.3 is 9.30 Å². The van der Waals surface area contributed by atoms with Crippen molar-refractivity contribution < 1.29 is 4.74 Å². The molecule has 0 saturated carbocycles. The monoisotopic (exact) mass is 333 g/mol. The van der Waals surface area contributed by atoms with E-state index in [0.717, 1.165) is 28.4 Å². The molecule has 0 aliphatic heterocycles. The van der Waals surface area contributed by atoms with Crippen LogP contribution in [0, 0.1) is 18.3 Å². The van der Waals surface area contributed by atoms with Crippen molar-refractivity contribution in [3.8, 4) is 23.2 Å². The minimum Gasteiger partial charge on any atom is -0.496 e. The Labute approximate surface area is 149 Å². The van der Waals surface area contributed by atoms with Gasteiger partial charge in [-0.2, -0.15) is 5.26 Å². The molecule has 0 radical (unpaired) electrons. The average Bonchev–Trinajstić information content (AvgIpc) is 3.04. The predicted molar refractivity (Wildman–Crippen MR) is 101 cm³/mol. The van der Waals surface area contributed by atoms with Crippen molar-refractivity contribution in [2.75, 3.05) is 7.11 Å². The molecule has 4 nitrogen and oxygen atoms in total. The van der Waals surface area contributed by atoms with Gasteiger partial charge in [-0.05, 0) is 37.3 Å². The Hall–Kier alpha value is -3.06. The van der Waals surface area contributed by atoms with E-state index in [1.165, 1.54) is 0 Å².